The van der Waals surface area contributed by atoms with Crippen molar-refractivity contribution < 1.29 is 14.4 Å². The van der Waals surface area contributed by atoms with Gasteiger partial charge in [-0.2, -0.15) is 0 Å². The van der Waals surface area contributed by atoms with Crippen molar-refractivity contribution in [3.63, 3.8) is 0 Å². The van der Waals surface area contributed by atoms with Crippen LogP contribution < -0.4 is 10.6 Å². The lowest BCUT2D eigenvalue weighted by atomic mass is 9.71. The molecule has 8 nitrogen and oxygen atoms in total. The fourth-order valence-corrected chi connectivity index (χ4v) is 6.33. The number of anilines is 1. The van der Waals surface area contributed by atoms with Gasteiger partial charge in [0.2, 0.25) is 5.91 Å². The van der Waals surface area contributed by atoms with Gasteiger partial charge in [-0.1, -0.05) is 24.3 Å². The number of aryl methyl sites for hydroxylation is 2. The zero-order valence-corrected chi connectivity index (χ0v) is 24.1. The van der Waals surface area contributed by atoms with Gasteiger partial charge >= 0.3 is 0 Å². The number of hydrogen-bond acceptors (Lipinski definition) is 4. The number of rotatable bonds is 7. The highest BCUT2D eigenvalue weighted by Crippen LogP contribution is 2.49. The summed E-state index contributed by atoms with van der Waals surface area (Å²) in [6.45, 7) is 8.39. The quantitative estimate of drug-likeness (QED) is 0.458. The Balaban J connectivity index is 1.30. The lowest BCUT2D eigenvalue weighted by Gasteiger charge is -2.53. The van der Waals surface area contributed by atoms with Gasteiger partial charge < -0.3 is 20.1 Å². The van der Waals surface area contributed by atoms with E-state index >= 15 is 0 Å². The lowest BCUT2D eigenvalue weighted by Crippen LogP contribution is -2.56. The predicted molar refractivity (Wildman–Crippen MR) is 156 cm³/mol. The van der Waals surface area contributed by atoms with Crippen LogP contribution in [0, 0.1) is 13.8 Å². The normalized spacial score (nSPS) is 15.7. The molecule has 2 aromatic carbocycles. The molecule has 1 aromatic heterocycles. The molecule has 0 bridgehead atoms. The number of benzene rings is 2. The largest absolute Gasteiger partial charge is 0.347 e. The van der Waals surface area contributed by atoms with Gasteiger partial charge in [0, 0.05) is 64.1 Å². The summed E-state index contributed by atoms with van der Waals surface area (Å²) < 4.78 is 2.21. The summed E-state index contributed by atoms with van der Waals surface area (Å²) in [5, 5.41) is 5.83. The van der Waals surface area contributed by atoms with E-state index < -0.39 is 0 Å². The summed E-state index contributed by atoms with van der Waals surface area (Å²) >= 11 is 0. The van der Waals surface area contributed by atoms with E-state index in [0.717, 1.165) is 60.4 Å². The van der Waals surface area contributed by atoms with E-state index in [1.165, 1.54) is 24.6 Å². The van der Waals surface area contributed by atoms with Crippen molar-refractivity contribution in [1.82, 2.24) is 19.7 Å². The third-order valence-electron chi connectivity index (χ3n) is 8.38. The van der Waals surface area contributed by atoms with Crippen LogP contribution in [0.1, 0.15) is 75.0 Å². The third kappa shape index (κ3) is 5.16. The van der Waals surface area contributed by atoms with Crippen molar-refractivity contribution in [3.05, 3.63) is 87.7 Å². The molecule has 3 aromatic rings. The summed E-state index contributed by atoms with van der Waals surface area (Å²) in [5.41, 5.74) is 7.62. The molecule has 0 atom stereocenters. The highest BCUT2D eigenvalue weighted by Gasteiger charge is 2.48. The number of fused-ring (bicyclic) bond motifs is 2. The summed E-state index contributed by atoms with van der Waals surface area (Å²) in [5.74, 6) is -0.144. The highest BCUT2D eigenvalue weighted by molar-refractivity contribution is 5.97. The lowest BCUT2D eigenvalue weighted by molar-refractivity contribution is -0.114. The molecule has 0 radical (unpaired) electrons. The van der Waals surface area contributed by atoms with Crippen LogP contribution in [0.3, 0.4) is 0 Å². The second kappa shape index (κ2) is 10.9. The van der Waals surface area contributed by atoms with E-state index in [1.54, 1.807) is 19.0 Å². The molecule has 2 heterocycles. The van der Waals surface area contributed by atoms with Gasteiger partial charge in [-0.05, 0) is 79.6 Å². The third-order valence-corrected chi connectivity index (χ3v) is 8.38. The second-order valence-corrected chi connectivity index (χ2v) is 11.4. The number of carbonyl (C=O) groups excluding carboxylic acids is 3. The molecule has 5 rings (SSSR count). The minimum absolute atomic E-state index is 0.0422. The molecule has 2 aliphatic rings. The smallest absolute Gasteiger partial charge is 0.268 e. The Labute approximate surface area is 236 Å². The maximum absolute atomic E-state index is 13.2. The SMILES string of the molecule is CC(=O)Nc1ccc(CNC(=O)c2ccc3n2CCN(Cc2cc(C)c(C(=O)N(C)C)c(C)c2)C32CCC2)cc1. The molecule has 1 aliphatic carbocycles. The Morgan fingerprint density at radius 2 is 1.60 bits per heavy atom. The molecule has 0 saturated heterocycles. The first kappa shape index (κ1) is 27.6. The zero-order chi connectivity index (χ0) is 28.6. The van der Waals surface area contributed by atoms with Crippen LogP contribution in [0.25, 0.3) is 0 Å². The van der Waals surface area contributed by atoms with Crippen molar-refractivity contribution in [2.75, 3.05) is 26.0 Å². The number of nitrogens with zero attached hydrogens (tertiary/aromatic N) is 3. The fraction of sp³-hybridized carbons (Fsp3) is 0.406. The first-order valence-corrected chi connectivity index (χ1v) is 14.0. The number of hydrogen-bond donors (Lipinski definition) is 2. The summed E-state index contributed by atoms with van der Waals surface area (Å²) in [4.78, 5) is 41.4. The molecule has 40 heavy (non-hydrogen) atoms. The summed E-state index contributed by atoms with van der Waals surface area (Å²) in [6.07, 6.45) is 3.33. The minimum atomic E-state index is -0.110. The van der Waals surface area contributed by atoms with Crippen LogP contribution in [0.15, 0.2) is 48.5 Å². The van der Waals surface area contributed by atoms with Crippen molar-refractivity contribution in [3.8, 4) is 0 Å². The van der Waals surface area contributed by atoms with Crippen molar-refractivity contribution >= 4 is 23.4 Å². The monoisotopic (exact) mass is 541 g/mol. The number of amides is 3. The topological polar surface area (TPSA) is 86.7 Å². The standard InChI is InChI=1S/C32H39N5O3/c1-21-17-25(18-22(2)29(21)31(40)35(4)5)20-36-15-16-37-27(11-12-28(37)32(36)13-6-14-32)30(39)33-19-24-7-9-26(10-8-24)34-23(3)38/h7-12,17-18H,6,13-16,19-20H2,1-5H3,(H,33,39)(H,34,38). The average molecular weight is 542 g/mol. The van der Waals surface area contributed by atoms with Gasteiger partial charge in [-0.3, -0.25) is 19.3 Å². The van der Waals surface area contributed by atoms with E-state index in [-0.39, 0.29) is 23.3 Å². The molecule has 3 amide bonds. The molecule has 1 saturated carbocycles. The molecule has 0 unspecified atom stereocenters. The molecule has 1 aliphatic heterocycles. The van der Waals surface area contributed by atoms with Gasteiger partial charge in [-0.15, -0.1) is 0 Å². The first-order chi connectivity index (χ1) is 19.1. The van der Waals surface area contributed by atoms with Crippen LogP contribution >= 0.6 is 0 Å². The minimum Gasteiger partial charge on any atom is -0.347 e. The van der Waals surface area contributed by atoms with Crippen molar-refractivity contribution in [2.45, 2.75) is 65.2 Å². The Morgan fingerprint density at radius 1 is 0.925 bits per heavy atom. The second-order valence-electron chi connectivity index (χ2n) is 11.4. The van der Waals surface area contributed by atoms with E-state index in [2.05, 4.69) is 38.3 Å². The van der Waals surface area contributed by atoms with Crippen LogP contribution in [-0.2, 0) is 30.0 Å². The Hall–Kier alpha value is -3.91. The maximum atomic E-state index is 13.2. The Morgan fingerprint density at radius 3 is 2.17 bits per heavy atom. The molecule has 1 fully saturated rings. The number of nitrogens with one attached hydrogen (secondary N) is 2. The van der Waals surface area contributed by atoms with E-state index in [1.807, 2.05) is 44.2 Å². The number of carbonyl (C=O) groups is 3. The highest BCUT2D eigenvalue weighted by atomic mass is 16.2. The number of aromatic nitrogens is 1. The van der Waals surface area contributed by atoms with Gasteiger partial charge in [0.05, 0.1) is 5.54 Å². The van der Waals surface area contributed by atoms with E-state index in [4.69, 9.17) is 0 Å². The predicted octanol–water partition coefficient (Wildman–Crippen LogP) is 4.59. The van der Waals surface area contributed by atoms with E-state index in [9.17, 15) is 14.4 Å². The molecule has 210 valence electrons. The molecule has 1 spiro atoms. The van der Waals surface area contributed by atoms with Gasteiger partial charge in [0.1, 0.15) is 5.69 Å². The van der Waals surface area contributed by atoms with Crippen LogP contribution in [0.4, 0.5) is 5.69 Å². The van der Waals surface area contributed by atoms with Gasteiger partial charge in [0.15, 0.2) is 0 Å². The average Bonchev–Trinajstić information content (AvgIpc) is 3.30. The van der Waals surface area contributed by atoms with Crippen LogP contribution in [0.5, 0.6) is 0 Å². The van der Waals surface area contributed by atoms with Crippen molar-refractivity contribution in [1.29, 1.82) is 0 Å². The van der Waals surface area contributed by atoms with Crippen molar-refractivity contribution in [2.24, 2.45) is 0 Å². The molecular formula is C32H39N5O3. The first-order valence-electron chi connectivity index (χ1n) is 14.0. The molecular weight excluding hydrogens is 502 g/mol. The Bertz CT molecular complexity index is 1430. The summed E-state index contributed by atoms with van der Waals surface area (Å²) in [6, 6.07) is 15.9. The summed E-state index contributed by atoms with van der Waals surface area (Å²) in [7, 11) is 3.58. The molecule has 8 heteroatoms. The van der Waals surface area contributed by atoms with Crippen LogP contribution in [0.2, 0.25) is 0 Å². The maximum Gasteiger partial charge on any atom is 0.268 e. The molecule has 2 N–H and O–H groups in total. The fourth-order valence-electron chi connectivity index (χ4n) is 6.33. The van der Waals surface area contributed by atoms with E-state index in [0.29, 0.717) is 12.2 Å². The Kier molecular flexibility index (Phi) is 7.55. The van der Waals surface area contributed by atoms with Gasteiger partial charge in [0.25, 0.3) is 11.8 Å². The van der Waals surface area contributed by atoms with Gasteiger partial charge in [-0.25, -0.2) is 0 Å². The van der Waals surface area contributed by atoms with Crippen LogP contribution in [-0.4, -0.2) is 52.7 Å². The zero-order valence-electron chi connectivity index (χ0n) is 24.1.